The minimum absolute atomic E-state index is 0.407. The number of hydrogen-bond donors (Lipinski definition) is 1. The summed E-state index contributed by atoms with van der Waals surface area (Å²) in [5.74, 6) is 1.34. The molecular weight excluding hydrogens is 194 g/mol. The molecule has 80 valence electrons. The Bertz CT molecular complexity index is 233. The van der Waals surface area contributed by atoms with Crippen molar-refractivity contribution in [3.05, 3.63) is 0 Å². The highest BCUT2D eigenvalue weighted by Gasteiger charge is 2.68. The van der Waals surface area contributed by atoms with Crippen molar-refractivity contribution in [2.75, 3.05) is 19.4 Å². The maximum absolute atomic E-state index is 5.62. The maximum atomic E-state index is 5.62. The predicted octanol–water partition coefficient (Wildman–Crippen LogP) is 2.00. The quantitative estimate of drug-likeness (QED) is 0.720. The molecule has 3 fully saturated rings. The number of hydrogen-bond acceptors (Lipinski definition) is 3. The van der Waals surface area contributed by atoms with E-state index in [1.54, 1.807) is 0 Å². The van der Waals surface area contributed by atoms with Crippen molar-refractivity contribution in [2.24, 2.45) is 5.41 Å². The van der Waals surface area contributed by atoms with Crippen LogP contribution in [0.5, 0.6) is 0 Å². The topological polar surface area (TPSA) is 21.3 Å². The lowest BCUT2D eigenvalue weighted by atomic mass is 9.50. The first-order chi connectivity index (χ1) is 6.83. The molecule has 2 unspecified atom stereocenters. The van der Waals surface area contributed by atoms with Gasteiger partial charge in [-0.15, -0.1) is 11.8 Å². The molecule has 1 saturated heterocycles. The molecule has 1 heterocycles. The summed E-state index contributed by atoms with van der Waals surface area (Å²) in [4.78, 5) is 0.407. The van der Waals surface area contributed by atoms with E-state index < -0.39 is 0 Å². The Hall–Kier alpha value is 0.270. The highest BCUT2D eigenvalue weighted by atomic mass is 32.2. The van der Waals surface area contributed by atoms with Gasteiger partial charge in [0.25, 0.3) is 0 Å². The van der Waals surface area contributed by atoms with Crippen LogP contribution < -0.4 is 5.32 Å². The summed E-state index contributed by atoms with van der Waals surface area (Å²) in [5, 5.41) is 3.77. The standard InChI is InChI=1S/C11H19NOS/c1-13-9-8-11(10(9)4-2-5-10)12-6-3-7-14-11/h9,12H,2-8H2,1H3. The van der Waals surface area contributed by atoms with Crippen LogP contribution in [0, 0.1) is 5.41 Å². The van der Waals surface area contributed by atoms with E-state index in [1.165, 1.54) is 44.4 Å². The van der Waals surface area contributed by atoms with Crippen LogP contribution in [-0.2, 0) is 4.74 Å². The van der Waals surface area contributed by atoms with Gasteiger partial charge in [-0.05, 0) is 31.6 Å². The van der Waals surface area contributed by atoms with Gasteiger partial charge in [0.05, 0.1) is 11.0 Å². The van der Waals surface area contributed by atoms with Crippen molar-refractivity contribution in [1.29, 1.82) is 0 Å². The summed E-state index contributed by atoms with van der Waals surface area (Å²) < 4.78 is 5.62. The van der Waals surface area contributed by atoms with E-state index >= 15 is 0 Å². The monoisotopic (exact) mass is 213 g/mol. The predicted molar refractivity (Wildman–Crippen MR) is 59.5 cm³/mol. The molecule has 2 nitrogen and oxygen atoms in total. The molecule has 0 aromatic carbocycles. The molecule has 2 spiro atoms. The van der Waals surface area contributed by atoms with Crippen molar-refractivity contribution in [2.45, 2.75) is 43.1 Å². The van der Waals surface area contributed by atoms with Crippen LogP contribution in [0.1, 0.15) is 32.1 Å². The average Bonchev–Trinajstić information content (AvgIpc) is 2.13. The van der Waals surface area contributed by atoms with Gasteiger partial charge in [0.2, 0.25) is 0 Å². The van der Waals surface area contributed by atoms with Gasteiger partial charge in [-0.2, -0.15) is 0 Å². The van der Waals surface area contributed by atoms with Gasteiger partial charge >= 0.3 is 0 Å². The fraction of sp³-hybridized carbons (Fsp3) is 1.00. The van der Waals surface area contributed by atoms with Crippen LogP contribution in [0.4, 0.5) is 0 Å². The van der Waals surface area contributed by atoms with Gasteiger partial charge in [-0.1, -0.05) is 6.42 Å². The molecule has 0 aromatic heterocycles. The van der Waals surface area contributed by atoms with Crippen molar-refractivity contribution in [3.8, 4) is 0 Å². The molecule has 1 N–H and O–H groups in total. The molecule has 2 aliphatic carbocycles. The minimum Gasteiger partial charge on any atom is -0.381 e. The third-order valence-corrected chi connectivity index (χ3v) is 6.21. The average molecular weight is 213 g/mol. The fourth-order valence-corrected chi connectivity index (χ4v) is 5.23. The Balaban J connectivity index is 1.81. The summed E-state index contributed by atoms with van der Waals surface area (Å²) >= 11 is 2.16. The lowest BCUT2D eigenvalue weighted by Crippen LogP contribution is -2.75. The van der Waals surface area contributed by atoms with E-state index in [2.05, 4.69) is 17.1 Å². The van der Waals surface area contributed by atoms with E-state index in [9.17, 15) is 0 Å². The van der Waals surface area contributed by atoms with E-state index in [4.69, 9.17) is 4.74 Å². The Kier molecular flexibility index (Phi) is 2.12. The minimum atomic E-state index is 0.407. The zero-order valence-electron chi connectivity index (χ0n) is 8.84. The molecule has 2 atom stereocenters. The van der Waals surface area contributed by atoms with Crippen LogP contribution in [0.15, 0.2) is 0 Å². The normalized spacial score (nSPS) is 44.8. The Morgan fingerprint density at radius 1 is 1.36 bits per heavy atom. The molecular formula is C11H19NOS. The third kappa shape index (κ3) is 0.961. The zero-order chi connectivity index (χ0) is 9.65. The molecule has 0 radical (unpaired) electrons. The van der Waals surface area contributed by atoms with Gasteiger partial charge < -0.3 is 10.1 Å². The Labute approximate surface area is 90.2 Å². The fourth-order valence-electron chi connectivity index (χ4n) is 3.49. The number of fused-ring (bicyclic) bond motifs is 1. The summed E-state index contributed by atoms with van der Waals surface area (Å²) in [7, 11) is 1.88. The second kappa shape index (κ2) is 3.13. The molecule has 3 rings (SSSR count). The van der Waals surface area contributed by atoms with Crippen LogP contribution in [0.3, 0.4) is 0 Å². The Morgan fingerprint density at radius 2 is 2.21 bits per heavy atom. The van der Waals surface area contributed by atoms with Gasteiger partial charge in [-0.3, -0.25) is 0 Å². The molecule has 0 amide bonds. The lowest BCUT2D eigenvalue weighted by molar-refractivity contribution is -0.176. The van der Waals surface area contributed by atoms with Crippen LogP contribution in [0.2, 0.25) is 0 Å². The van der Waals surface area contributed by atoms with E-state index in [-0.39, 0.29) is 0 Å². The smallest absolute Gasteiger partial charge is 0.0752 e. The van der Waals surface area contributed by atoms with Crippen molar-refractivity contribution >= 4 is 11.8 Å². The lowest BCUT2D eigenvalue weighted by Gasteiger charge is -2.69. The molecule has 2 saturated carbocycles. The number of ether oxygens (including phenoxy) is 1. The van der Waals surface area contributed by atoms with Gasteiger partial charge in [0.1, 0.15) is 0 Å². The molecule has 1 aliphatic heterocycles. The molecule has 0 bridgehead atoms. The second-order valence-electron chi connectivity index (χ2n) is 4.89. The van der Waals surface area contributed by atoms with E-state index in [0.717, 1.165) is 0 Å². The number of thioether (sulfide) groups is 1. The van der Waals surface area contributed by atoms with Crippen LogP contribution in [0.25, 0.3) is 0 Å². The second-order valence-corrected chi connectivity index (χ2v) is 6.29. The first-order valence-corrected chi connectivity index (χ1v) is 6.73. The highest BCUT2D eigenvalue weighted by Crippen LogP contribution is 2.67. The Morgan fingerprint density at radius 3 is 2.71 bits per heavy atom. The summed E-state index contributed by atoms with van der Waals surface area (Å²) in [5.41, 5.74) is 0.507. The van der Waals surface area contributed by atoms with Crippen molar-refractivity contribution in [3.63, 3.8) is 0 Å². The number of rotatable bonds is 1. The largest absolute Gasteiger partial charge is 0.381 e. The van der Waals surface area contributed by atoms with Crippen LogP contribution >= 0.6 is 11.8 Å². The van der Waals surface area contributed by atoms with Gasteiger partial charge in [-0.25, -0.2) is 0 Å². The van der Waals surface area contributed by atoms with Gasteiger partial charge in [0, 0.05) is 18.9 Å². The highest BCUT2D eigenvalue weighted by molar-refractivity contribution is 8.00. The third-order valence-electron chi connectivity index (χ3n) is 4.50. The summed E-state index contributed by atoms with van der Waals surface area (Å²) in [6.45, 7) is 1.21. The molecule has 3 heteroatoms. The summed E-state index contributed by atoms with van der Waals surface area (Å²) in [6.07, 6.45) is 7.27. The first kappa shape index (κ1) is 9.49. The van der Waals surface area contributed by atoms with Gasteiger partial charge in [0.15, 0.2) is 0 Å². The van der Waals surface area contributed by atoms with Crippen LogP contribution in [-0.4, -0.2) is 30.4 Å². The zero-order valence-corrected chi connectivity index (χ0v) is 9.66. The SMILES string of the molecule is COC1CC2(NCCCS2)C12CCC2. The summed E-state index contributed by atoms with van der Waals surface area (Å²) in [6, 6.07) is 0. The maximum Gasteiger partial charge on any atom is 0.0752 e. The molecule has 0 aromatic rings. The van der Waals surface area contributed by atoms with E-state index in [0.29, 0.717) is 16.4 Å². The van der Waals surface area contributed by atoms with Crippen molar-refractivity contribution in [1.82, 2.24) is 5.32 Å². The number of methoxy groups -OCH3 is 1. The number of nitrogens with one attached hydrogen (secondary N) is 1. The molecule has 14 heavy (non-hydrogen) atoms. The van der Waals surface area contributed by atoms with E-state index in [1.807, 2.05) is 7.11 Å². The molecule has 3 aliphatic rings. The van der Waals surface area contributed by atoms with Crippen molar-refractivity contribution < 1.29 is 4.74 Å². The first-order valence-electron chi connectivity index (χ1n) is 5.75.